The number of esters is 1. The molecule has 1 N–H and O–H groups in total. The lowest BCUT2D eigenvalue weighted by atomic mass is 9.79. The van der Waals surface area contributed by atoms with E-state index in [-0.39, 0.29) is 22.9 Å². The summed E-state index contributed by atoms with van der Waals surface area (Å²) in [5, 5.41) is 10.8. The molecule has 1 unspecified atom stereocenters. The van der Waals surface area contributed by atoms with Gasteiger partial charge in [-0.15, -0.1) is 0 Å². The van der Waals surface area contributed by atoms with Gasteiger partial charge in [0.1, 0.15) is 0 Å². The monoisotopic (exact) mass is 405 g/mol. The van der Waals surface area contributed by atoms with Gasteiger partial charge in [-0.1, -0.05) is 35.4 Å². The van der Waals surface area contributed by atoms with Gasteiger partial charge in [-0.3, -0.25) is 5.21 Å². The number of halogens is 3. The molecule has 2 aromatic rings. The van der Waals surface area contributed by atoms with E-state index in [0.717, 1.165) is 6.08 Å². The highest BCUT2D eigenvalue weighted by molar-refractivity contribution is 5.91. The molecule has 0 aromatic heterocycles. The summed E-state index contributed by atoms with van der Waals surface area (Å²) in [6.45, 7) is 7.00. The van der Waals surface area contributed by atoms with Crippen LogP contribution in [-0.4, -0.2) is 29.0 Å². The van der Waals surface area contributed by atoms with Crippen LogP contribution in [0.4, 0.5) is 13.2 Å². The van der Waals surface area contributed by atoms with Gasteiger partial charge in [0.25, 0.3) is 0 Å². The fraction of sp³-hybridized carbons (Fsp3) is 0.318. The highest BCUT2D eigenvalue weighted by Crippen LogP contribution is 2.54. The number of rotatable bonds is 4. The van der Waals surface area contributed by atoms with Crippen molar-refractivity contribution in [1.29, 1.82) is 0 Å². The second-order valence-electron chi connectivity index (χ2n) is 7.23. The standard InChI is InChI=1S/C22H22F3NO3/c1-5-29-20(27)18-7-6-16(11-15(18)4)19-12-21(26(19)28,22(23,24)25)17-9-13(2)8-14(3)10-17/h6-12,28H,5H2,1-4H3. The molecule has 0 amide bonds. The molecule has 4 nitrogen and oxygen atoms in total. The summed E-state index contributed by atoms with van der Waals surface area (Å²) in [4.78, 5) is 11.9. The number of hydroxylamine groups is 2. The Kier molecular flexibility index (Phi) is 5.21. The summed E-state index contributed by atoms with van der Waals surface area (Å²) in [5.41, 5.74) is -0.0344. The third kappa shape index (κ3) is 3.40. The second kappa shape index (κ2) is 7.22. The molecule has 154 valence electrons. The van der Waals surface area contributed by atoms with Gasteiger partial charge < -0.3 is 4.74 Å². The lowest BCUT2D eigenvalue weighted by Gasteiger charge is -2.49. The summed E-state index contributed by atoms with van der Waals surface area (Å²) in [6, 6.07) is 9.16. The molecule has 0 fully saturated rings. The Balaban J connectivity index is 2.07. The van der Waals surface area contributed by atoms with Crippen LogP contribution >= 0.6 is 0 Å². The number of hydrogen-bond acceptors (Lipinski definition) is 4. The summed E-state index contributed by atoms with van der Waals surface area (Å²) in [5.74, 6) is -0.500. The molecule has 0 radical (unpaired) electrons. The minimum absolute atomic E-state index is 0.0278. The predicted molar refractivity (Wildman–Crippen MR) is 102 cm³/mol. The lowest BCUT2D eigenvalue weighted by molar-refractivity contribution is -0.280. The number of ether oxygens (including phenoxy) is 1. The number of carbonyl (C=O) groups is 1. The Morgan fingerprint density at radius 1 is 1.10 bits per heavy atom. The van der Waals surface area contributed by atoms with E-state index >= 15 is 0 Å². The molecule has 3 rings (SSSR count). The molecule has 1 aliphatic heterocycles. The topological polar surface area (TPSA) is 49.8 Å². The van der Waals surface area contributed by atoms with Crippen molar-refractivity contribution >= 4 is 11.7 Å². The van der Waals surface area contributed by atoms with Gasteiger partial charge >= 0.3 is 12.1 Å². The van der Waals surface area contributed by atoms with Crippen molar-refractivity contribution in [3.63, 3.8) is 0 Å². The van der Waals surface area contributed by atoms with Gasteiger partial charge in [0, 0.05) is 5.56 Å². The normalized spacial score (nSPS) is 18.9. The van der Waals surface area contributed by atoms with Crippen LogP contribution in [0.5, 0.6) is 0 Å². The first-order valence-corrected chi connectivity index (χ1v) is 9.17. The Hall–Kier alpha value is -2.80. The molecular weight excluding hydrogens is 383 g/mol. The molecule has 2 aromatic carbocycles. The first-order chi connectivity index (χ1) is 13.5. The maximum absolute atomic E-state index is 14.1. The quantitative estimate of drug-likeness (QED) is 0.702. The van der Waals surface area contributed by atoms with E-state index in [1.54, 1.807) is 39.8 Å². The van der Waals surface area contributed by atoms with Crippen molar-refractivity contribution in [1.82, 2.24) is 5.06 Å². The first kappa shape index (κ1) is 20.9. The zero-order valence-electron chi connectivity index (χ0n) is 16.6. The first-order valence-electron chi connectivity index (χ1n) is 9.17. The maximum atomic E-state index is 14.1. The van der Waals surface area contributed by atoms with E-state index in [1.165, 1.54) is 24.3 Å². The van der Waals surface area contributed by atoms with Crippen LogP contribution in [-0.2, 0) is 10.3 Å². The molecule has 1 aliphatic rings. The van der Waals surface area contributed by atoms with Gasteiger partial charge in [0.2, 0.25) is 5.54 Å². The van der Waals surface area contributed by atoms with E-state index in [9.17, 15) is 23.2 Å². The van der Waals surface area contributed by atoms with Crippen molar-refractivity contribution in [2.75, 3.05) is 6.61 Å². The highest BCUT2D eigenvalue weighted by Gasteiger charge is 2.64. The van der Waals surface area contributed by atoms with Crippen molar-refractivity contribution in [3.05, 3.63) is 75.9 Å². The van der Waals surface area contributed by atoms with Gasteiger partial charge in [-0.05, 0) is 57.0 Å². The molecular formula is C22H22F3NO3. The third-order valence-electron chi connectivity index (χ3n) is 5.02. The maximum Gasteiger partial charge on any atom is 0.422 e. The van der Waals surface area contributed by atoms with E-state index in [2.05, 4.69) is 0 Å². The Morgan fingerprint density at radius 2 is 1.72 bits per heavy atom. The fourth-order valence-corrected chi connectivity index (χ4v) is 3.68. The second-order valence-corrected chi connectivity index (χ2v) is 7.23. The molecule has 0 saturated heterocycles. The number of hydrogen-bond donors (Lipinski definition) is 1. The molecule has 29 heavy (non-hydrogen) atoms. The Morgan fingerprint density at radius 3 is 2.21 bits per heavy atom. The van der Waals surface area contributed by atoms with Crippen molar-refractivity contribution < 1.29 is 27.9 Å². The van der Waals surface area contributed by atoms with Gasteiger partial charge in [-0.25, -0.2) is 9.86 Å². The Labute approximate surface area is 167 Å². The molecule has 0 spiro atoms. The number of benzene rings is 2. The smallest absolute Gasteiger partial charge is 0.422 e. The number of aryl methyl sites for hydroxylation is 3. The van der Waals surface area contributed by atoms with Crippen LogP contribution in [0.15, 0.2) is 42.5 Å². The largest absolute Gasteiger partial charge is 0.462 e. The van der Waals surface area contributed by atoms with Crippen LogP contribution in [0.2, 0.25) is 0 Å². The van der Waals surface area contributed by atoms with E-state index in [1.807, 2.05) is 0 Å². The molecule has 1 heterocycles. The highest BCUT2D eigenvalue weighted by atomic mass is 19.4. The number of nitrogens with zero attached hydrogens (tertiary/aromatic N) is 1. The Bertz CT molecular complexity index is 977. The van der Waals surface area contributed by atoms with Crippen LogP contribution < -0.4 is 0 Å². The zero-order chi connectivity index (χ0) is 21.6. The summed E-state index contributed by atoms with van der Waals surface area (Å²) in [6.07, 6.45) is -3.72. The summed E-state index contributed by atoms with van der Waals surface area (Å²) < 4.78 is 47.2. The third-order valence-corrected chi connectivity index (χ3v) is 5.02. The number of carbonyl (C=O) groups excluding carboxylic acids is 1. The van der Waals surface area contributed by atoms with Crippen LogP contribution in [0, 0.1) is 20.8 Å². The fourth-order valence-electron chi connectivity index (χ4n) is 3.68. The average molecular weight is 405 g/mol. The zero-order valence-corrected chi connectivity index (χ0v) is 16.6. The molecule has 1 atom stereocenters. The summed E-state index contributed by atoms with van der Waals surface area (Å²) >= 11 is 0. The molecule has 0 saturated carbocycles. The van der Waals surface area contributed by atoms with Crippen LogP contribution in [0.3, 0.4) is 0 Å². The van der Waals surface area contributed by atoms with E-state index in [0.29, 0.717) is 27.8 Å². The molecule has 0 bridgehead atoms. The number of alkyl halides is 3. The minimum atomic E-state index is -4.73. The minimum Gasteiger partial charge on any atom is -0.462 e. The average Bonchev–Trinajstić information content (AvgIpc) is 2.59. The van der Waals surface area contributed by atoms with Gasteiger partial charge in [0.05, 0.1) is 17.9 Å². The SMILES string of the molecule is CCOC(=O)c1ccc(C2=CC(c3cc(C)cc(C)c3)(C(F)(F)F)N2O)cc1C. The van der Waals surface area contributed by atoms with Crippen molar-refractivity contribution in [2.45, 2.75) is 39.4 Å². The lowest BCUT2D eigenvalue weighted by Crippen LogP contribution is -2.58. The predicted octanol–water partition coefficient (Wildman–Crippen LogP) is 5.29. The van der Waals surface area contributed by atoms with Gasteiger partial charge in [-0.2, -0.15) is 13.2 Å². The summed E-state index contributed by atoms with van der Waals surface area (Å²) in [7, 11) is 0. The molecule has 0 aliphatic carbocycles. The van der Waals surface area contributed by atoms with Crippen LogP contribution in [0.1, 0.15) is 45.1 Å². The van der Waals surface area contributed by atoms with Crippen LogP contribution in [0.25, 0.3) is 5.70 Å². The van der Waals surface area contributed by atoms with E-state index < -0.39 is 17.7 Å². The van der Waals surface area contributed by atoms with Gasteiger partial charge in [0.15, 0.2) is 0 Å². The molecule has 7 heteroatoms. The van der Waals surface area contributed by atoms with Crippen molar-refractivity contribution in [3.8, 4) is 0 Å². The van der Waals surface area contributed by atoms with Crippen molar-refractivity contribution in [2.24, 2.45) is 0 Å². The van der Waals surface area contributed by atoms with E-state index in [4.69, 9.17) is 4.74 Å².